The Morgan fingerprint density at radius 1 is 1.16 bits per heavy atom. The molecule has 1 aromatic carbocycles. The van der Waals surface area contributed by atoms with Crippen LogP contribution in [0.5, 0.6) is 0 Å². The van der Waals surface area contributed by atoms with E-state index in [-0.39, 0.29) is 5.91 Å². The summed E-state index contributed by atoms with van der Waals surface area (Å²) in [5, 5.41) is 12.7. The molecule has 1 aromatic heterocycles. The maximum atomic E-state index is 12.6. The number of carbonyl (C=O) groups excluding carboxylic acids is 2. The van der Waals surface area contributed by atoms with Crippen LogP contribution < -0.4 is 10.6 Å². The Kier molecular flexibility index (Phi) is 8.23. The fraction of sp³-hybridized carbons (Fsp3) is 0.375. The summed E-state index contributed by atoms with van der Waals surface area (Å²) in [7, 11) is 0. The standard InChI is InChI=1S/C16H20N4O2S3/c1-3-10-23-15-19-20-16(25-15)24-12(11-8-6-5-7-9-11)13(21)18-14(22)17-4-2/h5-9,12H,3-4,10H2,1-2H3,(H2,17,18,21,22)/t12-/m1/s1. The number of thioether (sulfide) groups is 2. The highest BCUT2D eigenvalue weighted by Crippen LogP contribution is 2.38. The minimum absolute atomic E-state index is 0.375. The highest BCUT2D eigenvalue weighted by Gasteiger charge is 2.25. The van der Waals surface area contributed by atoms with Gasteiger partial charge in [-0.2, -0.15) is 0 Å². The lowest BCUT2D eigenvalue weighted by Gasteiger charge is -2.15. The van der Waals surface area contributed by atoms with Gasteiger partial charge in [-0.3, -0.25) is 10.1 Å². The molecule has 0 saturated carbocycles. The maximum Gasteiger partial charge on any atom is 0.321 e. The minimum Gasteiger partial charge on any atom is -0.338 e. The fourth-order valence-electron chi connectivity index (χ4n) is 1.88. The van der Waals surface area contributed by atoms with Gasteiger partial charge >= 0.3 is 6.03 Å². The third-order valence-electron chi connectivity index (χ3n) is 2.95. The normalized spacial score (nSPS) is 11.8. The average Bonchev–Trinajstić information content (AvgIpc) is 3.06. The topological polar surface area (TPSA) is 84.0 Å². The summed E-state index contributed by atoms with van der Waals surface area (Å²) >= 11 is 4.43. The molecule has 9 heteroatoms. The van der Waals surface area contributed by atoms with Gasteiger partial charge in [-0.05, 0) is 18.9 Å². The summed E-state index contributed by atoms with van der Waals surface area (Å²) in [4.78, 5) is 24.3. The Morgan fingerprint density at radius 2 is 1.88 bits per heavy atom. The van der Waals surface area contributed by atoms with Crippen LogP contribution >= 0.6 is 34.9 Å². The van der Waals surface area contributed by atoms with E-state index in [4.69, 9.17) is 0 Å². The van der Waals surface area contributed by atoms with Crippen molar-refractivity contribution in [2.75, 3.05) is 12.3 Å². The molecule has 1 atom stereocenters. The van der Waals surface area contributed by atoms with Crippen LogP contribution in [0.1, 0.15) is 31.1 Å². The van der Waals surface area contributed by atoms with Gasteiger partial charge in [0, 0.05) is 12.3 Å². The quantitative estimate of drug-likeness (QED) is 0.662. The Labute approximate surface area is 159 Å². The van der Waals surface area contributed by atoms with Crippen molar-refractivity contribution in [3.63, 3.8) is 0 Å². The van der Waals surface area contributed by atoms with E-state index in [1.54, 1.807) is 18.7 Å². The second kappa shape index (κ2) is 10.4. The van der Waals surface area contributed by atoms with E-state index < -0.39 is 11.3 Å². The molecular formula is C16H20N4O2S3. The molecule has 0 aliphatic heterocycles. The largest absolute Gasteiger partial charge is 0.338 e. The number of urea groups is 1. The molecule has 0 bridgehead atoms. The summed E-state index contributed by atoms with van der Waals surface area (Å²) in [6, 6.07) is 8.85. The van der Waals surface area contributed by atoms with Gasteiger partial charge in [0.2, 0.25) is 5.91 Å². The van der Waals surface area contributed by atoms with Gasteiger partial charge in [0.25, 0.3) is 0 Å². The maximum absolute atomic E-state index is 12.6. The SMILES string of the molecule is CCCSc1nnc(S[C@@H](C(=O)NC(=O)NCC)c2ccccc2)s1. The molecule has 2 N–H and O–H groups in total. The van der Waals surface area contributed by atoms with Gasteiger partial charge in [0.15, 0.2) is 8.68 Å². The molecule has 2 aromatic rings. The molecule has 0 aliphatic rings. The van der Waals surface area contributed by atoms with Crippen LogP contribution in [0.4, 0.5) is 4.79 Å². The molecular weight excluding hydrogens is 376 g/mol. The number of nitrogens with one attached hydrogen (secondary N) is 2. The van der Waals surface area contributed by atoms with Crippen LogP contribution in [0.25, 0.3) is 0 Å². The van der Waals surface area contributed by atoms with Crippen molar-refractivity contribution >= 4 is 46.8 Å². The van der Waals surface area contributed by atoms with Gasteiger partial charge in [-0.15, -0.1) is 10.2 Å². The number of hydrogen-bond donors (Lipinski definition) is 2. The van der Waals surface area contributed by atoms with E-state index in [2.05, 4.69) is 27.8 Å². The molecule has 0 fully saturated rings. The smallest absolute Gasteiger partial charge is 0.321 e. The predicted octanol–water partition coefficient (Wildman–Crippen LogP) is 3.72. The van der Waals surface area contributed by atoms with Crippen LogP contribution in [-0.4, -0.2) is 34.4 Å². The van der Waals surface area contributed by atoms with E-state index in [0.29, 0.717) is 10.9 Å². The summed E-state index contributed by atoms with van der Waals surface area (Å²) < 4.78 is 1.60. The second-order valence-electron chi connectivity index (χ2n) is 4.94. The first-order valence-corrected chi connectivity index (χ1v) is 10.6. The first kappa shape index (κ1) is 19.7. The number of nitrogens with zero attached hydrogens (tertiary/aromatic N) is 2. The summed E-state index contributed by atoms with van der Waals surface area (Å²) in [6.45, 7) is 4.36. The van der Waals surface area contributed by atoms with Crippen molar-refractivity contribution in [1.82, 2.24) is 20.8 Å². The van der Waals surface area contributed by atoms with Crippen molar-refractivity contribution in [2.45, 2.75) is 34.2 Å². The summed E-state index contributed by atoms with van der Waals surface area (Å²) in [6.07, 6.45) is 1.06. The van der Waals surface area contributed by atoms with E-state index in [0.717, 1.165) is 22.1 Å². The number of benzene rings is 1. The average molecular weight is 397 g/mol. The molecule has 0 aliphatic carbocycles. The lowest BCUT2D eigenvalue weighted by atomic mass is 10.1. The molecule has 2 rings (SSSR count). The Morgan fingerprint density at radius 3 is 2.56 bits per heavy atom. The Bertz CT molecular complexity index is 694. The number of carbonyl (C=O) groups is 2. The lowest BCUT2D eigenvalue weighted by molar-refractivity contribution is -0.119. The molecule has 0 unspecified atom stereocenters. The third kappa shape index (κ3) is 6.33. The molecule has 1 heterocycles. The summed E-state index contributed by atoms with van der Waals surface area (Å²) in [5.41, 5.74) is 0.812. The van der Waals surface area contributed by atoms with Crippen molar-refractivity contribution < 1.29 is 9.59 Å². The number of aromatic nitrogens is 2. The molecule has 0 radical (unpaired) electrons. The predicted molar refractivity (Wildman–Crippen MR) is 103 cm³/mol. The number of imide groups is 1. The van der Waals surface area contributed by atoms with E-state index in [9.17, 15) is 9.59 Å². The lowest BCUT2D eigenvalue weighted by Crippen LogP contribution is -2.41. The molecule has 25 heavy (non-hydrogen) atoms. The zero-order valence-electron chi connectivity index (χ0n) is 14.0. The van der Waals surface area contributed by atoms with Crippen LogP contribution in [0.3, 0.4) is 0 Å². The molecule has 6 nitrogen and oxygen atoms in total. The first-order chi connectivity index (χ1) is 12.1. The van der Waals surface area contributed by atoms with Crippen molar-refractivity contribution in [3.8, 4) is 0 Å². The first-order valence-electron chi connectivity index (χ1n) is 7.90. The van der Waals surface area contributed by atoms with E-state index in [1.807, 2.05) is 30.3 Å². The van der Waals surface area contributed by atoms with E-state index >= 15 is 0 Å². The highest BCUT2D eigenvalue weighted by molar-refractivity contribution is 8.03. The van der Waals surface area contributed by atoms with Gasteiger partial charge in [0.05, 0.1) is 0 Å². The Hall–Kier alpha value is -1.58. The van der Waals surface area contributed by atoms with Gasteiger partial charge < -0.3 is 5.32 Å². The van der Waals surface area contributed by atoms with Gasteiger partial charge in [-0.1, -0.05) is 72.1 Å². The molecule has 0 saturated heterocycles. The number of rotatable bonds is 8. The zero-order valence-corrected chi connectivity index (χ0v) is 16.5. The van der Waals surface area contributed by atoms with Gasteiger partial charge in [-0.25, -0.2) is 4.79 Å². The third-order valence-corrected chi connectivity index (χ3v) is 6.55. The summed E-state index contributed by atoms with van der Waals surface area (Å²) in [5.74, 6) is 0.610. The van der Waals surface area contributed by atoms with Crippen molar-refractivity contribution in [3.05, 3.63) is 35.9 Å². The van der Waals surface area contributed by atoms with Crippen LogP contribution in [-0.2, 0) is 4.79 Å². The van der Waals surface area contributed by atoms with E-state index in [1.165, 1.54) is 23.1 Å². The minimum atomic E-state index is -0.569. The van der Waals surface area contributed by atoms with Crippen LogP contribution in [0.2, 0.25) is 0 Å². The fourth-order valence-corrected chi connectivity index (χ4v) is 5.01. The monoisotopic (exact) mass is 396 g/mol. The number of amides is 3. The number of hydrogen-bond acceptors (Lipinski definition) is 7. The highest BCUT2D eigenvalue weighted by atomic mass is 32.2. The van der Waals surface area contributed by atoms with Crippen LogP contribution in [0.15, 0.2) is 39.0 Å². The zero-order chi connectivity index (χ0) is 18.1. The Balaban J connectivity index is 2.13. The second-order valence-corrected chi connectivity index (χ2v) is 8.61. The molecule has 0 spiro atoms. The van der Waals surface area contributed by atoms with Crippen molar-refractivity contribution in [1.29, 1.82) is 0 Å². The molecule has 3 amide bonds. The van der Waals surface area contributed by atoms with Gasteiger partial charge in [0.1, 0.15) is 5.25 Å². The van der Waals surface area contributed by atoms with Crippen molar-refractivity contribution in [2.24, 2.45) is 0 Å². The molecule has 134 valence electrons. The van der Waals surface area contributed by atoms with Crippen LogP contribution in [0, 0.1) is 0 Å².